The van der Waals surface area contributed by atoms with E-state index in [2.05, 4.69) is 6.92 Å². The van der Waals surface area contributed by atoms with Crippen molar-refractivity contribution in [1.82, 2.24) is 0 Å². The molecule has 1 heterocycles. The number of hydrogen-bond donors (Lipinski definition) is 3. The summed E-state index contributed by atoms with van der Waals surface area (Å²) in [6.45, 7) is 1.22. The Morgan fingerprint density at radius 1 is 1.16 bits per heavy atom. The van der Waals surface area contributed by atoms with Crippen molar-refractivity contribution in [1.29, 1.82) is 0 Å². The van der Waals surface area contributed by atoms with Crippen LogP contribution in [-0.4, -0.2) is 52.5 Å². The Morgan fingerprint density at radius 2 is 1.76 bits per heavy atom. The predicted octanol–water partition coefficient (Wildman–Crippen LogP) is 2.15. The van der Waals surface area contributed by atoms with Gasteiger partial charge in [0.2, 0.25) is 5.76 Å². The second-order valence-electron chi connectivity index (χ2n) is 6.34. The molecule has 0 bridgehead atoms. The zero-order valence-electron chi connectivity index (χ0n) is 14.9. The highest BCUT2D eigenvalue weighted by Crippen LogP contribution is 2.25. The van der Waals surface area contributed by atoms with Crippen LogP contribution in [0.1, 0.15) is 64.7 Å². The molecular weight excluding hydrogens is 328 g/mol. The maximum Gasteiger partial charge on any atom is 0.378 e. The number of ketones is 1. The Bertz CT molecular complexity index is 458. The molecule has 0 aromatic rings. The van der Waals surface area contributed by atoms with Gasteiger partial charge in [0, 0.05) is 6.42 Å². The molecule has 0 radical (unpaired) electrons. The molecule has 0 aromatic carbocycles. The van der Waals surface area contributed by atoms with Gasteiger partial charge in [-0.2, -0.15) is 0 Å². The summed E-state index contributed by atoms with van der Waals surface area (Å²) in [6, 6.07) is 0. The van der Waals surface area contributed by atoms with Gasteiger partial charge in [-0.1, -0.05) is 51.9 Å². The first-order chi connectivity index (χ1) is 12.0. The van der Waals surface area contributed by atoms with Crippen LogP contribution in [0.3, 0.4) is 0 Å². The Balaban J connectivity index is 2.23. The summed E-state index contributed by atoms with van der Waals surface area (Å²) in [7, 11) is 0. The minimum Gasteiger partial charge on any atom is -0.499 e. The van der Waals surface area contributed by atoms with Crippen LogP contribution in [0, 0.1) is 0 Å². The zero-order chi connectivity index (χ0) is 18.7. The summed E-state index contributed by atoms with van der Waals surface area (Å²) in [6.07, 6.45) is 6.74. The van der Waals surface area contributed by atoms with Crippen molar-refractivity contribution in [2.45, 2.75) is 76.9 Å². The minimum atomic E-state index is -1.41. The number of unbranched alkanes of at least 4 members (excludes halogenated alkanes) is 7. The molecule has 144 valence electrons. The molecule has 7 nitrogen and oxygen atoms in total. The number of hydrogen-bond acceptors (Lipinski definition) is 7. The monoisotopic (exact) mass is 358 g/mol. The third-order valence-corrected chi connectivity index (χ3v) is 4.15. The van der Waals surface area contributed by atoms with Crippen LogP contribution < -0.4 is 0 Å². The van der Waals surface area contributed by atoms with Gasteiger partial charge in [-0.3, -0.25) is 4.79 Å². The van der Waals surface area contributed by atoms with E-state index in [1.165, 1.54) is 32.1 Å². The molecule has 0 aliphatic carbocycles. The molecule has 1 aliphatic rings. The Hall–Kier alpha value is -1.60. The molecule has 25 heavy (non-hydrogen) atoms. The second kappa shape index (κ2) is 11.9. The highest BCUT2D eigenvalue weighted by molar-refractivity contribution is 5.89. The fourth-order valence-electron chi connectivity index (χ4n) is 2.65. The third kappa shape index (κ3) is 7.44. The fraction of sp³-hybridized carbons (Fsp3) is 0.778. The number of carbonyl (C=O) groups is 2. The van der Waals surface area contributed by atoms with Crippen molar-refractivity contribution in [3.8, 4) is 0 Å². The molecular formula is C18H30O7. The first kappa shape index (κ1) is 21.4. The van der Waals surface area contributed by atoms with Gasteiger partial charge >= 0.3 is 5.97 Å². The fourth-order valence-corrected chi connectivity index (χ4v) is 2.65. The Morgan fingerprint density at radius 3 is 2.36 bits per heavy atom. The SMILES string of the molecule is CCCCCCCCCCC(=O)COC1=C(O)C(=O)OC1C(O)CO. The highest BCUT2D eigenvalue weighted by Gasteiger charge is 2.40. The standard InChI is InChI=1S/C18H30O7/c1-2-3-4-5-6-7-8-9-10-13(20)12-24-17-15(22)18(23)25-16(17)14(21)11-19/h14,16,19,21-22H,2-12H2,1H3. The number of rotatable bonds is 14. The van der Waals surface area contributed by atoms with Crippen LogP contribution in [0.15, 0.2) is 11.5 Å². The van der Waals surface area contributed by atoms with E-state index in [1.807, 2.05) is 0 Å². The molecule has 2 atom stereocenters. The van der Waals surface area contributed by atoms with Crippen LogP contribution in [0.4, 0.5) is 0 Å². The Labute approximate surface area is 148 Å². The van der Waals surface area contributed by atoms with Crippen molar-refractivity contribution < 1.29 is 34.4 Å². The van der Waals surface area contributed by atoms with Gasteiger partial charge < -0.3 is 24.8 Å². The van der Waals surface area contributed by atoms with Gasteiger partial charge in [0.1, 0.15) is 12.7 Å². The van der Waals surface area contributed by atoms with Crippen LogP contribution in [0.5, 0.6) is 0 Å². The normalized spacial score (nSPS) is 18.4. The summed E-state index contributed by atoms with van der Waals surface area (Å²) in [5.74, 6) is -2.25. The number of esters is 1. The highest BCUT2D eigenvalue weighted by atomic mass is 16.6. The van der Waals surface area contributed by atoms with Crippen LogP contribution >= 0.6 is 0 Å². The van der Waals surface area contributed by atoms with Crippen LogP contribution in [0.2, 0.25) is 0 Å². The summed E-state index contributed by atoms with van der Waals surface area (Å²) in [5.41, 5.74) is 0. The molecule has 1 aliphatic heterocycles. The van der Waals surface area contributed by atoms with E-state index in [0.717, 1.165) is 19.3 Å². The van der Waals surface area contributed by atoms with Crippen molar-refractivity contribution in [3.05, 3.63) is 11.5 Å². The van der Waals surface area contributed by atoms with Gasteiger partial charge in [0.15, 0.2) is 17.6 Å². The number of ether oxygens (including phenoxy) is 2. The zero-order valence-corrected chi connectivity index (χ0v) is 14.9. The molecule has 1 rings (SSSR count). The van der Waals surface area contributed by atoms with Crippen molar-refractivity contribution in [2.24, 2.45) is 0 Å². The summed E-state index contributed by atoms with van der Waals surface area (Å²) < 4.78 is 9.88. The molecule has 2 unspecified atom stereocenters. The smallest absolute Gasteiger partial charge is 0.378 e. The molecule has 3 N–H and O–H groups in total. The Kier molecular flexibility index (Phi) is 10.2. The number of carbonyl (C=O) groups excluding carboxylic acids is 2. The molecule has 0 aromatic heterocycles. The van der Waals surface area contributed by atoms with Crippen molar-refractivity contribution in [2.75, 3.05) is 13.2 Å². The maximum atomic E-state index is 11.8. The molecule has 0 spiro atoms. The van der Waals surface area contributed by atoms with Gasteiger partial charge in [0.25, 0.3) is 0 Å². The lowest BCUT2D eigenvalue weighted by molar-refractivity contribution is -0.148. The second-order valence-corrected chi connectivity index (χ2v) is 6.34. The number of Topliss-reactive ketones (excluding diaryl/α,β-unsaturated/α-hetero) is 1. The van der Waals surface area contributed by atoms with Gasteiger partial charge in [0.05, 0.1) is 6.61 Å². The summed E-state index contributed by atoms with van der Waals surface area (Å²) in [4.78, 5) is 23.2. The minimum absolute atomic E-state index is 0.150. The van der Waals surface area contributed by atoms with E-state index >= 15 is 0 Å². The number of aliphatic hydroxyl groups is 3. The number of aliphatic hydroxyl groups excluding tert-OH is 3. The quantitative estimate of drug-likeness (QED) is 0.322. The molecule has 0 amide bonds. The topological polar surface area (TPSA) is 113 Å². The van der Waals surface area contributed by atoms with Crippen molar-refractivity contribution >= 4 is 11.8 Å². The molecule has 7 heteroatoms. The lowest BCUT2D eigenvalue weighted by Crippen LogP contribution is -2.33. The van der Waals surface area contributed by atoms with Gasteiger partial charge in [-0.05, 0) is 6.42 Å². The van der Waals surface area contributed by atoms with Crippen LogP contribution in [-0.2, 0) is 19.1 Å². The van der Waals surface area contributed by atoms with Gasteiger partial charge in [-0.25, -0.2) is 4.79 Å². The lowest BCUT2D eigenvalue weighted by atomic mass is 10.1. The van der Waals surface area contributed by atoms with E-state index < -0.39 is 30.5 Å². The lowest BCUT2D eigenvalue weighted by Gasteiger charge is -2.18. The van der Waals surface area contributed by atoms with E-state index in [4.69, 9.17) is 14.6 Å². The first-order valence-electron chi connectivity index (χ1n) is 9.08. The largest absolute Gasteiger partial charge is 0.499 e. The van der Waals surface area contributed by atoms with Crippen LogP contribution in [0.25, 0.3) is 0 Å². The molecule has 0 fully saturated rings. The van der Waals surface area contributed by atoms with E-state index in [1.54, 1.807) is 0 Å². The summed E-state index contributed by atoms with van der Waals surface area (Å²) >= 11 is 0. The number of cyclic esters (lactones) is 1. The first-order valence-corrected chi connectivity index (χ1v) is 9.08. The molecule has 0 saturated heterocycles. The van der Waals surface area contributed by atoms with E-state index in [-0.39, 0.29) is 18.1 Å². The average molecular weight is 358 g/mol. The van der Waals surface area contributed by atoms with E-state index in [0.29, 0.717) is 6.42 Å². The third-order valence-electron chi connectivity index (χ3n) is 4.15. The van der Waals surface area contributed by atoms with Gasteiger partial charge in [-0.15, -0.1) is 0 Å². The molecule has 0 saturated carbocycles. The van der Waals surface area contributed by atoms with Crippen molar-refractivity contribution in [3.63, 3.8) is 0 Å². The van der Waals surface area contributed by atoms with E-state index in [9.17, 15) is 19.8 Å². The average Bonchev–Trinajstić information content (AvgIpc) is 2.89. The predicted molar refractivity (Wildman–Crippen MR) is 90.8 cm³/mol. The maximum absolute atomic E-state index is 11.8. The summed E-state index contributed by atoms with van der Waals surface area (Å²) in [5, 5.41) is 28.1.